The van der Waals surface area contributed by atoms with E-state index in [2.05, 4.69) is 5.32 Å². The molecule has 0 atom stereocenters. The molecule has 2 aromatic rings. The number of aryl methyl sites for hydroxylation is 1. The molecule has 0 heterocycles. The smallest absolute Gasteiger partial charge is 0.262 e. The first-order chi connectivity index (χ1) is 9.54. The van der Waals surface area contributed by atoms with Gasteiger partial charge in [-0.05, 0) is 42.8 Å². The first kappa shape index (κ1) is 14.3. The van der Waals surface area contributed by atoms with Gasteiger partial charge in [-0.1, -0.05) is 23.7 Å². The Morgan fingerprint density at radius 3 is 2.85 bits per heavy atom. The Kier molecular flexibility index (Phi) is 4.58. The summed E-state index contributed by atoms with van der Waals surface area (Å²) in [5.41, 5.74) is 1.27. The lowest BCUT2D eigenvalue weighted by Gasteiger charge is -2.10. The minimum absolute atomic E-state index is 0.169. The Balaban J connectivity index is 1.94. The lowest BCUT2D eigenvalue weighted by molar-refractivity contribution is -0.118. The molecular formula is C15H13ClFNO2. The summed E-state index contributed by atoms with van der Waals surface area (Å²) in [5.74, 6) is -0.226. The Morgan fingerprint density at radius 1 is 1.30 bits per heavy atom. The van der Waals surface area contributed by atoms with Crippen LogP contribution in [0.2, 0.25) is 5.02 Å². The average Bonchev–Trinajstić information content (AvgIpc) is 2.40. The van der Waals surface area contributed by atoms with Crippen LogP contribution in [0.3, 0.4) is 0 Å². The standard InChI is InChI=1S/C15H13ClFNO2/c1-10-5-6-11(16)7-14(10)20-9-15(19)18-13-4-2-3-12(17)8-13/h2-8H,9H2,1H3,(H,18,19). The van der Waals surface area contributed by atoms with E-state index in [0.29, 0.717) is 16.5 Å². The summed E-state index contributed by atoms with van der Waals surface area (Å²) in [6.07, 6.45) is 0. The number of benzene rings is 2. The molecule has 0 saturated heterocycles. The summed E-state index contributed by atoms with van der Waals surface area (Å²) in [6, 6.07) is 10.9. The van der Waals surface area contributed by atoms with E-state index in [1.165, 1.54) is 18.2 Å². The molecule has 0 bridgehead atoms. The normalized spacial score (nSPS) is 10.2. The Morgan fingerprint density at radius 2 is 2.10 bits per heavy atom. The highest BCUT2D eigenvalue weighted by atomic mass is 35.5. The Bertz CT molecular complexity index is 631. The van der Waals surface area contributed by atoms with Gasteiger partial charge in [-0.25, -0.2) is 4.39 Å². The van der Waals surface area contributed by atoms with E-state index in [1.807, 2.05) is 13.0 Å². The largest absolute Gasteiger partial charge is 0.483 e. The van der Waals surface area contributed by atoms with Crippen LogP contribution in [0.4, 0.5) is 10.1 Å². The topological polar surface area (TPSA) is 38.3 Å². The van der Waals surface area contributed by atoms with Crippen LogP contribution in [0.1, 0.15) is 5.56 Å². The predicted molar refractivity (Wildman–Crippen MR) is 76.7 cm³/mol. The molecule has 0 radical (unpaired) electrons. The fraction of sp³-hybridized carbons (Fsp3) is 0.133. The van der Waals surface area contributed by atoms with Gasteiger partial charge in [-0.2, -0.15) is 0 Å². The van der Waals surface area contributed by atoms with E-state index in [9.17, 15) is 9.18 Å². The molecule has 0 fully saturated rings. The van der Waals surface area contributed by atoms with Gasteiger partial charge in [0.2, 0.25) is 0 Å². The minimum atomic E-state index is -0.408. The van der Waals surface area contributed by atoms with Crippen LogP contribution in [-0.4, -0.2) is 12.5 Å². The molecule has 1 amide bonds. The highest BCUT2D eigenvalue weighted by Crippen LogP contribution is 2.22. The van der Waals surface area contributed by atoms with E-state index in [0.717, 1.165) is 5.56 Å². The maximum Gasteiger partial charge on any atom is 0.262 e. The molecule has 2 rings (SSSR count). The van der Waals surface area contributed by atoms with E-state index in [1.54, 1.807) is 18.2 Å². The second kappa shape index (κ2) is 6.39. The Hall–Kier alpha value is -2.07. The number of rotatable bonds is 4. The maximum absolute atomic E-state index is 13.0. The van der Waals surface area contributed by atoms with Gasteiger partial charge in [0.25, 0.3) is 5.91 Å². The van der Waals surface area contributed by atoms with Crippen molar-refractivity contribution in [1.82, 2.24) is 0 Å². The van der Waals surface area contributed by atoms with Crippen LogP contribution in [-0.2, 0) is 4.79 Å². The zero-order chi connectivity index (χ0) is 14.5. The summed E-state index contributed by atoms with van der Waals surface area (Å²) in [7, 11) is 0. The molecular weight excluding hydrogens is 281 g/mol. The fourth-order valence-corrected chi connectivity index (χ4v) is 1.80. The third-order valence-corrected chi connectivity index (χ3v) is 2.85. The van der Waals surface area contributed by atoms with Gasteiger partial charge in [0, 0.05) is 10.7 Å². The number of nitrogens with one attached hydrogen (secondary N) is 1. The van der Waals surface area contributed by atoms with Crippen molar-refractivity contribution in [1.29, 1.82) is 0 Å². The van der Waals surface area contributed by atoms with Crippen molar-refractivity contribution in [3.05, 3.63) is 58.9 Å². The van der Waals surface area contributed by atoms with Crippen molar-refractivity contribution >= 4 is 23.2 Å². The van der Waals surface area contributed by atoms with Gasteiger partial charge in [-0.15, -0.1) is 0 Å². The number of anilines is 1. The predicted octanol–water partition coefficient (Wildman–Crippen LogP) is 3.81. The van der Waals surface area contributed by atoms with E-state index in [4.69, 9.17) is 16.3 Å². The monoisotopic (exact) mass is 293 g/mol. The highest BCUT2D eigenvalue weighted by Gasteiger charge is 2.06. The zero-order valence-electron chi connectivity index (χ0n) is 10.8. The van der Waals surface area contributed by atoms with Crippen LogP contribution in [0, 0.1) is 12.7 Å². The summed E-state index contributed by atoms with van der Waals surface area (Å²) in [4.78, 5) is 11.7. The molecule has 0 aliphatic rings. The molecule has 0 spiro atoms. The third-order valence-electron chi connectivity index (χ3n) is 2.62. The van der Waals surface area contributed by atoms with Crippen molar-refractivity contribution in [3.63, 3.8) is 0 Å². The Labute approximate surface area is 121 Å². The van der Waals surface area contributed by atoms with Gasteiger partial charge in [0.15, 0.2) is 6.61 Å². The van der Waals surface area contributed by atoms with Gasteiger partial charge in [0.05, 0.1) is 0 Å². The van der Waals surface area contributed by atoms with Crippen LogP contribution in [0.5, 0.6) is 5.75 Å². The molecule has 0 aliphatic carbocycles. The van der Waals surface area contributed by atoms with Crippen LogP contribution in [0.25, 0.3) is 0 Å². The first-order valence-electron chi connectivity index (χ1n) is 5.99. The molecule has 104 valence electrons. The molecule has 5 heteroatoms. The van der Waals surface area contributed by atoms with Crippen LogP contribution >= 0.6 is 11.6 Å². The number of halogens is 2. The van der Waals surface area contributed by atoms with Gasteiger partial charge in [-0.3, -0.25) is 4.79 Å². The van der Waals surface area contributed by atoms with Gasteiger partial charge < -0.3 is 10.1 Å². The van der Waals surface area contributed by atoms with Crippen molar-refractivity contribution < 1.29 is 13.9 Å². The lowest BCUT2D eigenvalue weighted by Crippen LogP contribution is -2.20. The number of carbonyl (C=O) groups is 1. The van der Waals surface area contributed by atoms with Crippen molar-refractivity contribution in [2.75, 3.05) is 11.9 Å². The van der Waals surface area contributed by atoms with Crippen molar-refractivity contribution in [2.45, 2.75) is 6.92 Å². The minimum Gasteiger partial charge on any atom is -0.483 e. The fourth-order valence-electron chi connectivity index (χ4n) is 1.64. The summed E-state index contributed by atoms with van der Waals surface area (Å²) in [5, 5.41) is 3.09. The van der Waals surface area contributed by atoms with Crippen molar-refractivity contribution in [3.8, 4) is 5.75 Å². The molecule has 0 saturated carbocycles. The number of amides is 1. The zero-order valence-corrected chi connectivity index (χ0v) is 11.6. The average molecular weight is 294 g/mol. The number of hydrogen-bond acceptors (Lipinski definition) is 2. The maximum atomic E-state index is 13.0. The summed E-state index contributed by atoms with van der Waals surface area (Å²) in [6.45, 7) is 1.69. The molecule has 3 nitrogen and oxygen atoms in total. The molecule has 2 aromatic carbocycles. The van der Waals surface area contributed by atoms with Crippen LogP contribution in [0.15, 0.2) is 42.5 Å². The SMILES string of the molecule is Cc1ccc(Cl)cc1OCC(=O)Nc1cccc(F)c1. The first-order valence-corrected chi connectivity index (χ1v) is 6.37. The summed E-state index contributed by atoms with van der Waals surface area (Å²) >= 11 is 5.86. The number of ether oxygens (including phenoxy) is 1. The molecule has 0 aromatic heterocycles. The molecule has 0 unspecified atom stereocenters. The molecule has 0 aliphatic heterocycles. The van der Waals surface area contributed by atoms with Crippen LogP contribution < -0.4 is 10.1 Å². The van der Waals surface area contributed by atoms with Gasteiger partial charge in [0.1, 0.15) is 11.6 Å². The van der Waals surface area contributed by atoms with Crippen molar-refractivity contribution in [2.24, 2.45) is 0 Å². The number of carbonyl (C=O) groups excluding carboxylic acids is 1. The third kappa shape index (κ3) is 3.96. The van der Waals surface area contributed by atoms with E-state index < -0.39 is 5.82 Å². The van der Waals surface area contributed by atoms with E-state index in [-0.39, 0.29) is 12.5 Å². The second-order valence-corrected chi connectivity index (χ2v) is 4.69. The summed E-state index contributed by atoms with van der Waals surface area (Å²) < 4.78 is 18.4. The molecule has 20 heavy (non-hydrogen) atoms. The number of hydrogen-bond donors (Lipinski definition) is 1. The second-order valence-electron chi connectivity index (χ2n) is 4.26. The molecule has 1 N–H and O–H groups in total. The quantitative estimate of drug-likeness (QED) is 0.931. The van der Waals surface area contributed by atoms with E-state index >= 15 is 0 Å². The van der Waals surface area contributed by atoms with Gasteiger partial charge >= 0.3 is 0 Å². The lowest BCUT2D eigenvalue weighted by atomic mass is 10.2. The highest BCUT2D eigenvalue weighted by molar-refractivity contribution is 6.30.